The molecule has 0 amide bonds. The SMILES string of the molecule is COC(=O)CN(C)CC(C)F. The summed E-state index contributed by atoms with van der Waals surface area (Å²) in [5.74, 6) is -0.340. The van der Waals surface area contributed by atoms with Gasteiger partial charge in [0.15, 0.2) is 0 Å². The first-order chi connectivity index (χ1) is 5.06. The summed E-state index contributed by atoms with van der Waals surface area (Å²) < 4.78 is 16.7. The average Bonchev–Trinajstić information content (AvgIpc) is 1.85. The Bertz CT molecular complexity index is 128. The van der Waals surface area contributed by atoms with E-state index < -0.39 is 6.17 Å². The predicted molar refractivity (Wildman–Crippen MR) is 40.1 cm³/mol. The standard InChI is InChI=1S/C7H14FNO2/c1-6(8)4-9(2)5-7(10)11-3/h6H,4-5H2,1-3H3. The number of likely N-dealkylation sites (N-methyl/N-ethyl adjacent to an activating group) is 1. The molecule has 0 N–H and O–H groups in total. The highest BCUT2D eigenvalue weighted by molar-refractivity contribution is 5.71. The molecule has 0 aromatic carbocycles. The number of carbonyl (C=O) groups is 1. The number of hydrogen-bond acceptors (Lipinski definition) is 3. The van der Waals surface area contributed by atoms with E-state index >= 15 is 0 Å². The number of alkyl halides is 1. The lowest BCUT2D eigenvalue weighted by Gasteiger charge is -2.14. The predicted octanol–water partition coefficient (Wildman–Crippen LogP) is 0.449. The molecule has 0 heterocycles. The Hall–Kier alpha value is -0.640. The van der Waals surface area contributed by atoms with E-state index in [0.717, 1.165) is 0 Å². The summed E-state index contributed by atoms with van der Waals surface area (Å²) in [6.45, 7) is 1.85. The first kappa shape index (κ1) is 10.4. The molecule has 66 valence electrons. The Labute approximate surface area is 66.1 Å². The molecule has 0 aliphatic carbocycles. The van der Waals surface area contributed by atoms with Crippen molar-refractivity contribution in [3.05, 3.63) is 0 Å². The van der Waals surface area contributed by atoms with Crippen LogP contribution in [0.1, 0.15) is 6.92 Å². The average molecular weight is 163 g/mol. The minimum Gasteiger partial charge on any atom is -0.468 e. The zero-order chi connectivity index (χ0) is 8.85. The fourth-order valence-corrected chi connectivity index (χ4v) is 0.779. The quantitative estimate of drug-likeness (QED) is 0.563. The van der Waals surface area contributed by atoms with Crippen molar-refractivity contribution in [3.63, 3.8) is 0 Å². The van der Waals surface area contributed by atoms with Crippen molar-refractivity contribution in [3.8, 4) is 0 Å². The second kappa shape index (κ2) is 5.07. The molecule has 0 bridgehead atoms. The van der Waals surface area contributed by atoms with Crippen LogP contribution in [-0.4, -0.2) is 44.3 Å². The van der Waals surface area contributed by atoms with Crippen LogP contribution in [0.4, 0.5) is 4.39 Å². The molecule has 3 nitrogen and oxygen atoms in total. The van der Waals surface area contributed by atoms with E-state index in [9.17, 15) is 9.18 Å². The van der Waals surface area contributed by atoms with Crippen LogP contribution in [0.5, 0.6) is 0 Å². The fourth-order valence-electron chi connectivity index (χ4n) is 0.779. The highest BCUT2D eigenvalue weighted by Crippen LogP contribution is 1.92. The van der Waals surface area contributed by atoms with Crippen molar-refractivity contribution in [1.29, 1.82) is 0 Å². The third-order valence-electron chi connectivity index (χ3n) is 1.19. The molecule has 0 aromatic heterocycles. The highest BCUT2D eigenvalue weighted by Gasteiger charge is 2.08. The number of ether oxygens (including phenoxy) is 1. The topological polar surface area (TPSA) is 29.5 Å². The molecule has 4 heteroatoms. The lowest BCUT2D eigenvalue weighted by atomic mass is 10.4. The second-order valence-electron chi connectivity index (χ2n) is 2.55. The summed E-state index contributed by atoms with van der Waals surface area (Å²) >= 11 is 0. The molecule has 0 spiro atoms. The Morgan fingerprint density at radius 2 is 2.27 bits per heavy atom. The van der Waals surface area contributed by atoms with Crippen LogP contribution in [0.25, 0.3) is 0 Å². The molecule has 0 saturated heterocycles. The van der Waals surface area contributed by atoms with Crippen LogP contribution in [-0.2, 0) is 9.53 Å². The van der Waals surface area contributed by atoms with Crippen LogP contribution in [0.2, 0.25) is 0 Å². The lowest BCUT2D eigenvalue weighted by molar-refractivity contribution is -0.141. The third kappa shape index (κ3) is 5.79. The maximum absolute atomic E-state index is 12.3. The molecule has 0 aromatic rings. The Morgan fingerprint density at radius 1 is 1.73 bits per heavy atom. The molecular formula is C7H14FNO2. The molecule has 0 fully saturated rings. The first-order valence-electron chi connectivity index (χ1n) is 3.45. The molecule has 11 heavy (non-hydrogen) atoms. The van der Waals surface area contributed by atoms with Crippen molar-refractivity contribution in [2.45, 2.75) is 13.1 Å². The van der Waals surface area contributed by atoms with Gasteiger partial charge in [0.25, 0.3) is 0 Å². The molecule has 0 saturated carbocycles. The number of methoxy groups -OCH3 is 1. The molecule has 1 unspecified atom stereocenters. The van der Waals surface area contributed by atoms with Gasteiger partial charge < -0.3 is 4.74 Å². The molecule has 0 rings (SSSR count). The van der Waals surface area contributed by atoms with E-state index in [2.05, 4.69) is 4.74 Å². The lowest BCUT2D eigenvalue weighted by Crippen LogP contribution is -2.31. The normalized spacial score (nSPS) is 13.2. The Morgan fingerprint density at radius 3 is 2.64 bits per heavy atom. The summed E-state index contributed by atoms with van der Waals surface area (Å²) in [6, 6.07) is 0. The van der Waals surface area contributed by atoms with E-state index in [0.29, 0.717) is 0 Å². The van der Waals surface area contributed by atoms with Gasteiger partial charge in [0.05, 0.1) is 13.7 Å². The van der Waals surface area contributed by atoms with Crippen LogP contribution >= 0.6 is 0 Å². The third-order valence-corrected chi connectivity index (χ3v) is 1.19. The van der Waals surface area contributed by atoms with Crippen LogP contribution < -0.4 is 0 Å². The Kier molecular flexibility index (Phi) is 4.77. The molecule has 1 atom stereocenters. The van der Waals surface area contributed by atoms with Crippen LogP contribution in [0.15, 0.2) is 0 Å². The number of esters is 1. The van der Waals surface area contributed by atoms with Crippen LogP contribution in [0, 0.1) is 0 Å². The summed E-state index contributed by atoms with van der Waals surface area (Å²) in [7, 11) is 2.99. The summed E-state index contributed by atoms with van der Waals surface area (Å²) in [4.78, 5) is 12.2. The summed E-state index contributed by atoms with van der Waals surface area (Å²) in [5.41, 5.74) is 0. The van der Waals surface area contributed by atoms with Gasteiger partial charge in [0, 0.05) is 6.54 Å². The molecule has 0 aliphatic heterocycles. The monoisotopic (exact) mass is 163 g/mol. The van der Waals surface area contributed by atoms with E-state index in [-0.39, 0.29) is 19.1 Å². The number of hydrogen-bond donors (Lipinski definition) is 0. The van der Waals surface area contributed by atoms with E-state index in [1.165, 1.54) is 14.0 Å². The minimum absolute atomic E-state index is 0.144. The first-order valence-corrected chi connectivity index (χ1v) is 3.45. The molecule has 0 radical (unpaired) electrons. The van der Waals surface area contributed by atoms with Crippen molar-refractivity contribution in [2.24, 2.45) is 0 Å². The number of rotatable bonds is 4. The zero-order valence-electron chi connectivity index (χ0n) is 7.13. The van der Waals surface area contributed by atoms with Gasteiger partial charge in [-0.3, -0.25) is 9.69 Å². The zero-order valence-corrected chi connectivity index (χ0v) is 7.13. The second-order valence-corrected chi connectivity index (χ2v) is 2.55. The van der Waals surface area contributed by atoms with Gasteiger partial charge in [0.1, 0.15) is 6.17 Å². The summed E-state index contributed by atoms with van der Waals surface area (Å²) in [5, 5.41) is 0. The van der Waals surface area contributed by atoms with E-state index in [4.69, 9.17) is 0 Å². The van der Waals surface area contributed by atoms with Gasteiger partial charge in [-0.05, 0) is 14.0 Å². The van der Waals surface area contributed by atoms with Crippen molar-refractivity contribution in [1.82, 2.24) is 4.90 Å². The van der Waals surface area contributed by atoms with Gasteiger partial charge >= 0.3 is 5.97 Å². The highest BCUT2D eigenvalue weighted by atomic mass is 19.1. The maximum atomic E-state index is 12.3. The van der Waals surface area contributed by atoms with E-state index in [1.807, 2.05) is 0 Å². The number of halogens is 1. The minimum atomic E-state index is -0.912. The van der Waals surface area contributed by atoms with Gasteiger partial charge in [-0.25, -0.2) is 4.39 Å². The molecule has 0 aliphatic rings. The van der Waals surface area contributed by atoms with Gasteiger partial charge in [0.2, 0.25) is 0 Å². The number of nitrogens with zero attached hydrogens (tertiary/aromatic N) is 1. The van der Waals surface area contributed by atoms with Crippen molar-refractivity contribution in [2.75, 3.05) is 27.2 Å². The fraction of sp³-hybridized carbons (Fsp3) is 0.857. The van der Waals surface area contributed by atoms with Gasteiger partial charge in [-0.1, -0.05) is 0 Å². The molecular weight excluding hydrogens is 149 g/mol. The largest absolute Gasteiger partial charge is 0.468 e. The van der Waals surface area contributed by atoms with Crippen LogP contribution in [0.3, 0.4) is 0 Å². The summed E-state index contributed by atoms with van der Waals surface area (Å²) in [6.07, 6.45) is -0.912. The van der Waals surface area contributed by atoms with E-state index in [1.54, 1.807) is 11.9 Å². The van der Waals surface area contributed by atoms with Gasteiger partial charge in [-0.2, -0.15) is 0 Å². The maximum Gasteiger partial charge on any atom is 0.319 e. The van der Waals surface area contributed by atoms with Gasteiger partial charge in [-0.15, -0.1) is 0 Å². The van der Waals surface area contributed by atoms with Crippen molar-refractivity contribution < 1.29 is 13.9 Å². The van der Waals surface area contributed by atoms with Crippen molar-refractivity contribution >= 4 is 5.97 Å². The smallest absolute Gasteiger partial charge is 0.319 e. The number of carbonyl (C=O) groups excluding carboxylic acids is 1. The Balaban J connectivity index is 3.51.